The van der Waals surface area contributed by atoms with Gasteiger partial charge in [0.2, 0.25) is 0 Å². The molecule has 70 valence electrons. The van der Waals surface area contributed by atoms with Crippen LogP contribution in [0.3, 0.4) is 0 Å². The number of nitrogens with one attached hydrogen (secondary N) is 1. The van der Waals surface area contributed by atoms with Crippen molar-refractivity contribution in [2.75, 3.05) is 19.0 Å². The van der Waals surface area contributed by atoms with Crippen molar-refractivity contribution in [3.63, 3.8) is 0 Å². The molecule has 13 heavy (non-hydrogen) atoms. The van der Waals surface area contributed by atoms with Crippen LogP contribution in [-0.2, 0) is 11.3 Å². The zero-order valence-electron chi connectivity index (χ0n) is 7.92. The second-order valence-corrected chi connectivity index (χ2v) is 2.80. The van der Waals surface area contributed by atoms with Crippen LogP contribution >= 0.6 is 0 Å². The number of rotatable bonds is 5. The molecule has 0 amide bonds. The van der Waals surface area contributed by atoms with Crippen LogP contribution in [0.1, 0.15) is 5.56 Å². The third-order valence-electron chi connectivity index (χ3n) is 1.69. The van der Waals surface area contributed by atoms with E-state index in [-0.39, 0.29) is 0 Å². The summed E-state index contributed by atoms with van der Waals surface area (Å²) in [5.41, 5.74) is 2.28. The highest BCUT2D eigenvalue weighted by atomic mass is 16.5. The van der Waals surface area contributed by atoms with E-state index in [1.165, 1.54) is 5.56 Å². The van der Waals surface area contributed by atoms with Gasteiger partial charge in [0.1, 0.15) is 0 Å². The van der Waals surface area contributed by atoms with E-state index < -0.39 is 0 Å². The first kappa shape index (κ1) is 9.81. The lowest BCUT2D eigenvalue weighted by atomic mass is 10.2. The lowest BCUT2D eigenvalue weighted by molar-refractivity contribution is 0.185. The first-order chi connectivity index (χ1) is 6.36. The minimum atomic E-state index is 0.656. The maximum atomic E-state index is 5.04. The zero-order valence-corrected chi connectivity index (χ0v) is 7.92. The second kappa shape index (κ2) is 5.38. The monoisotopic (exact) mass is 177 g/mol. The van der Waals surface area contributed by atoms with Gasteiger partial charge < -0.3 is 10.1 Å². The van der Waals surface area contributed by atoms with Crippen LogP contribution in [0.25, 0.3) is 0 Å². The number of ether oxygens (including phenoxy) is 1. The van der Waals surface area contributed by atoms with Gasteiger partial charge in [0.05, 0.1) is 6.61 Å². The van der Waals surface area contributed by atoms with Crippen LogP contribution in [-0.4, -0.2) is 13.7 Å². The van der Waals surface area contributed by atoms with E-state index in [1.807, 2.05) is 24.3 Å². The van der Waals surface area contributed by atoms with Gasteiger partial charge in [-0.05, 0) is 17.7 Å². The Bertz CT molecular complexity index is 271. The van der Waals surface area contributed by atoms with Crippen LogP contribution < -0.4 is 5.32 Å². The molecule has 0 atom stereocenters. The summed E-state index contributed by atoms with van der Waals surface area (Å²) in [6.45, 7) is 5.09. The fraction of sp³-hybridized carbons (Fsp3) is 0.273. The molecule has 2 heteroatoms. The molecule has 0 unspecified atom stereocenters. The normalized spacial score (nSPS) is 9.62. The van der Waals surface area contributed by atoms with Gasteiger partial charge in [-0.1, -0.05) is 18.2 Å². The highest BCUT2D eigenvalue weighted by molar-refractivity contribution is 5.45. The van der Waals surface area contributed by atoms with Crippen molar-refractivity contribution in [3.05, 3.63) is 42.5 Å². The number of benzene rings is 1. The van der Waals surface area contributed by atoms with E-state index in [4.69, 9.17) is 4.74 Å². The van der Waals surface area contributed by atoms with Crippen LogP contribution in [0.15, 0.2) is 36.9 Å². The van der Waals surface area contributed by atoms with Crippen LogP contribution in [0.5, 0.6) is 0 Å². The lowest BCUT2D eigenvalue weighted by Gasteiger charge is -2.05. The van der Waals surface area contributed by atoms with Gasteiger partial charge in [-0.3, -0.25) is 0 Å². The second-order valence-electron chi connectivity index (χ2n) is 2.80. The van der Waals surface area contributed by atoms with E-state index in [0.29, 0.717) is 6.61 Å². The van der Waals surface area contributed by atoms with Gasteiger partial charge in [0.15, 0.2) is 0 Å². The third kappa shape index (κ3) is 3.30. The number of hydrogen-bond donors (Lipinski definition) is 1. The molecule has 0 aliphatic carbocycles. The van der Waals surface area contributed by atoms with Gasteiger partial charge >= 0.3 is 0 Å². The highest BCUT2D eigenvalue weighted by Gasteiger charge is 1.93. The molecule has 0 saturated heterocycles. The average molecular weight is 177 g/mol. The molecule has 0 aliphatic rings. The average Bonchev–Trinajstić information content (AvgIpc) is 2.16. The molecule has 1 aromatic carbocycles. The Balaban J connectivity index is 2.61. The fourth-order valence-electron chi connectivity index (χ4n) is 1.13. The molecule has 0 aliphatic heterocycles. The Labute approximate surface area is 79.2 Å². The van der Waals surface area contributed by atoms with Gasteiger partial charge in [-0.2, -0.15) is 0 Å². The molecule has 0 heterocycles. The molecule has 1 rings (SSSR count). The van der Waals surface area contributed by atoms with Crippen molar-refractivity contribution in [3.8, 4) is 0 Å². The van der Waals surface area contributed by atoms with Crippen molar-refractivity contribution in [2.45, 2.75) is 6.61 Å². The standard InChI is InChI=1S/C11H15NO/c1-3-7-12-11-6-4-5-10(8-11)9-13-2/h3-6,8,12H,1,7,9H2,2H3. The molecule has 2 nitrogen and oxygen atoms in total. The van der Waals surface area contributed by atoms with Gasteiger partial charge in [0, 0.05) is 19.3 Å². The molecule has 0 saturated carbocycles. The Morgan fingerprint density at radius 3 is 3.08 bits per heavy atom. The smallest absolute Gasteiger partial charge is 0.0713 e. The Morgan fingerprint density at radius 1 is 1.54 bits per heavy atom. The molecular formula is C11H15NO. The predicted octanol–water partition coefficient (Wildman–Crippen LogP) is 2.43. The van der Waals surface area contributed by atoms with Crippen LogP contribution in [0, 0.1) is 0 Å². The van der Waals surface area contributed by atoms with Crippen LogP contribution in [0.2, 0.25) is 0 Å². The number of hydrogen-bond acceptors (Lipinski definition) is 2. The van der Waals surface area contributed by atoms with E-state index in [2.05, 4.69) is 18.0 Å². The van der Waals surface area contributed by atoms with Crippen molar-refractivity contribution >= 4 is 5.69 Å². The molecule has 0 fully saturated rings. The molecule has 0 spiro atoms. The first-order valence-electron chi connectivity index (χ1n) is 4.29. The molecular weight excluding hydrogens is 162 g/mol. The maximum Gasteiger partial charge on any atom is 0.0713 e. The third-order valence-corrected chi connectivity index (χ3v) is 1.69. The minimum Gasteiger partial charge on any atom is -0.382 e. The minimum absolute atomic E-state index is 0.656. The van der Waals surface area contributed by atoms with Crippen molar-refractivity contribution < 1.29 is 4.74 Å². The van der Waals surface area contributed by atoms with E-state index in [1.54, 1.807) is 7.11 Å². The largest absolute Gasteiger partial charge is 0.382 e. The van der Waals surface area contributed by atoms with Crippen molar-refractivity contribution in [1.29, 1.82) is 0 Å². The topological polar surface area (TPSA) is 21.3 Å². The Morgan fingerprint density at radius 2 is 2.38 bits per heavy atom. The van der Waals surface area contributed by atoms with Gasteiger partial charge in [0.25, 0.3) is 0 Å². The van der Waals surface area contributed by atoms with Crippen molar-refractivity contribution in [2.24, 2.45) is 0 Å². The number of anilines is 1. The number of methoxy groups -OCH3 is 1. The lowest BCUT2D eigenvalue weighted by Crippen LogP contribution is -1.98. The molecule has 1 aromatic rings. The Kier molecular flexibility index (Phi) is 4.06. The molecule has 0 aromatic heterocycles. The summed E-state index contributed by atoms with van der Waals surface area (Å²) in [6.07, 6.45) is 1.84. The van der Waals surface area contributed by atoms with Crippen molar-refractivity contribution in [1.82, 2.24) is 0 Å². The quantitative estimate of drug-likeness (QED) is 0.697. The summed E-state index contributed by atoms with van der Waals surface area (Å²) in [5.74, 6) is 0. The summed E-state index contributed by atoms with van der Waals surface area (Å²) in [5, 5.41) is 3.22. The van der Waals surface area contributed by atoms with Gasteiger partial charge in [-0.25, -0.2) is 0 Å². The summed E-state index contributed by atoms with van der Waals surface area (Å²) in [4.78, 5) is 0. The molecule has 1 N–H and O–H groups in total. The van der Waals surface area contributed by atoms with Crippen LogP contribution in [0.4, 0.5) is 5.69 Å². The van der Waals surface area contributed by atoms with E-state index in [9.17, 15) is 0 Å². The molecule has 0 bridgehead atoms. The summed E-state index contributed by atoms with van der Waals surface area (Å²) in [6, 6.07) is 8.16. The van der Waals surface area contributed by atoms with Gasteiger partial charge in [-0.15, -0.1) is 6.58 Å². The zero-order chi connectivity index (χ0) is 9.52. The predicted molar refractivity (Wildman–Crippen MR) is 55.8 cm³/mol. The summed E-state index contributed by atoms with van der Waals surface area (Å²) >= 11 is 0. The van der Waals surface area contributed by atoms with E-state index >= 15 is 0 Å². The summed E-state index contributed by atoms with van der Waals surface area (Å²) in [7, 11) is 1.70. The highest BCUT2D eigenvalue weighted by Crippen LogP contribution is 2.10. The maximum absolute atomic E-state index is 5.04. The molecule has 0 radical (unpaired) electrons. The SMILES string of the molecule is C=CCNc1cccc(COC)c1. The van der Waals surface area contributed by atoms with E-state index in [0.717, 1.165) is 12.2 Å². The summed E-state index contributed by atoms with van der Waals surface area (Å²) < 4.78 is 5.04. The first-order valence-corrected chi connectivity index (χ1v) is 4.29. The Hall–Kier alpha value is -1.28. The fourth-order valence-corrected chi connectivity index (χ4v) is 1.13.